The Labute approximate surface area is 124 Å². The maximum Gasteiger partial charge on any atom is 0.328 e. The fourth-order valence-corrected chi connectivity index (χ4v) is 1.92. The number of hydrogen-bond acceptors (Lipinski definition) is 3. The summed E-state index contributed by atoms with van der Waals surface area (Å²) in [6.45, 7) is 7.48. The molecule has 5 heteroatoms. The Morgan fingerprint density at radius 2 is 1.81 bits per heavy atom. The van der Waals surface area contributed by atoms with E-state index in [4.69, 9.17) is 0 Å². The van der Waals surface area contributed by atoms with E-state index < -0.39 is 23.7 Å². The number of carbonyl (C=O) groups excluding carboxylic acids is 2. The molecule has 1 rings (SSSR count). The number of hydrogen-bond donors (Lipinski definition) is 1. The van der Waals surface area contributed by atoms with Crippen LogP contribution in [-0.2, 0) is 9.53 Å². The molecule has 0 aliphatic heterocycles. The van der Waals surface area contributed by atoms with Gasteiger partial charge in [0.1, 0.15) is 11.9 Å². The quantitative estimate of drug-likeness (QED) is 0.850. The molecule has 1 N–H and O–H groups in total. The van der Waals surface area contributed by atoms with Crippen molar-refractivity contribution in [1.82, 2.24) is 5.32 Å². The molecule has 0 unspecified atom stereocenters. The fraction of sp³-hybridized carbons (Fsp3) is 0.500. The van der Waals surface area contributed by atoms with Gasteiger partial charge in [-0.1, -0.05) is 33.8 Å². The first-order valence-corrected chi connectivity index (χ1v) is 6.96. The van der Waals surface area contributed by atoms with Crippen LogP contribution in [0.15, 0.2) is 18.2 Å². The predicted molar refractivity (Wildman–Crippen MR) is 78.6 cm³/mol. The van der Waals surface area contributed by atoms with Crippen molar-refractivity contribution >= 4 is 11.9 Å². The van der Waals surface area contributed by atoms with Crippen LogP contribution in [0.4, 0.5) is 4.39 Å². The van der Waals surface area contributed by atoms with Gasteiger partial charge >= 0.3 is 5.97 Å². The molecule has 0 aliphatic rings. The molecule has 0 saturated carbocycles. The molecule has 0 aromatic heterocycles. The molecule has 0 saturated heterocycles. The molecular weight excluding hydrogens is 273 g/mol. The number of carbonyl (C=O) groups is 2. The number of methoxy groups -OCH3 is 1. The molecule has 1 aromatic rings. The van der Waals surface area contributed by atoms with E-state index in [-0.39, 0.29) is 17.4 Å². The Balaban J connectivity index is 3.02. The summed E-state index contributed by atoms with van der Waals surface area (Å²) in [6.07, 6.45) is 0. The number of rotatable bonds is 5. The van der Waals surface area contributed by atoms with Gasteiger partial charge in [0.15, 0.2) is 0 Å². The lowest BCUT2D eigenvalue weighted by Crippen LogP contribution is -2.45. The summed E-state index contributed by atoms with van der Waals surface area (Å²) in [4.78, 5) is 23.9. The van der Waals surface area contributed by atoms with E-state index in [9.17, 15) is 14.0 Å². The fourth-order valence-electron chi connectivity index (χ4n) is 1.92. The van der Waals surface area contributed by atoms with Crippen molar-refractivity contribution in [1.29, 1.82) is 0 Å². The molecule has 1 atom stereocenters. The minimum atomic E-state index is -0.801. The minimum absolute atomic E-state index is 0.0595. The van der Waals surface area contributed by atoms with Crippen molar-refractivity contribution in [2.75, 3.05) is 7.11 Å². The summed E-state index contributed by atoms with van der Waals surface area (Å²) in [7, 11) is 1.25. The minimum Gasteiger partial charge on any atom is -0.467 e. The molecule has 1 aromatic carbocycles. The summed E-state index contributed by atoms with van der Waals surface area (Å²) >= 11 is 0. The van der Waals surface area contributed by atoms with E-state index >= 15 is 0 Å². The smallest absolute Gasteiger partial charge is 0.328 e. The Kier molecular flexibility index (Phi) is 5.88. The van der Waals surface area contributed by atoms with Crippen molar-refractivity contribution in [3.8, 4) is 0 Å². The molecule has 4 nitrogen and oxygen atoms in total. The van der Waals surface area contributed by atoms with Crippen LogP contribution < -0.4 is 5.32 Å². The molecule has 1 amide bonds. The molecule has 116 valence electrons. The SMILES string of the molecule is COC(=O)[C@H](NC(=O)c1cc(C(C)C)ccc1F)C(C)C. The van der Waals surface area contributed by atoms with Crippen molar-refractivity contribution in [2.24, 2.45) is 5.92 Å². The number of benzene rings is 1. The lowest BCUT2D eigenvalue weighted by molar-refractivity contribution is -0.144. The van der Waals surface area contributed by atoms with Crippen LogP contribution in [-0.4, -0.2) is 25.0 Å². The van der Waals surface area contributed by atoms with Gasteiger partial charge in [-0.2, -0.15) is 0 Å². The van der Waals surface area contributed by atoms with Crippen LogP contribution >= 0.6 is 0 Å². The third-order valence-corrected chi connectivity index (χ3v) is 3.31. The molecule has 0 radical (unpaired) electrons. The van der Waals surface area contributed by atoms with Gasteiger partial charge in [-0.25, -0.2) is 9.18 Å². The topological polar surface area (TPSA) is 55.4 Å². The van der Waals surface area contributed by atoms with Crippen LogP contribution in [0.5, 0.6) is 0 Å². The van der Waals surface area contributed by atoms with E-state index in [0.717, 1.165) is 5.56 Å². The lowest BCUT2D eigenvalue weighted by Gasteiger charge is -2.20. The second-order valence-electron chi connectivity index (χ2n) is 5.61. The highest BCUT2D eigenvalue weighted by Crippen LogP contribution is 2.18. The Hall–Kier alpha value is -1.91. The average Bonchev–Trinajstić information content (AvgIpc) is 2.43. The number of amides is 1. The van der Waals surface area contributed by atoms with Gasteiger partial charge < -0.3 is 10.1 Å². The van der Waals surface area contributed by atoms with Crippen LogP contribution in [0.1, 0.15) is 49.5 Å². The zero-order chi connectivity index (χ0) is 16.2. The molecule has 0 fully saturated rings. The first-order chi connectivity index (χ1) is 9.77. The second kappa shape index (κ2) is 7.20. The van der Waals surface area contributed by atoms with Crippen LogP contribution in [0.25, 0.3) is 0 Å². The van der Waals surface area contributed by atoms with E-state index in [0.29, 0.717) is 0 Å². The number of ether oxygens (including phenoxy) is 1. The normalized spacial score (nSPS) is 12.4. The van der Waals surface area contributed by atoms with E-state index in [2.05, 4.69) is 10.1 Å². The predicted octanol–water partition coefficient (Wildman–Crippen LogP) is 2.88. The largest absolute Gasteiger partial charge is 0.467 e. The Morgan fingerprint density at radius 1 is 1.19 bits per heavy atom. The highest BCUT2D eigenvalue weighted by Gasteiger charge is 2.26. The highest BCUT2D eigenvalue weighted by atomic mass is 19.1. The van der Waals surface area contributed by atoms with E-state index in [1.807, 2.05) is 13.8 Å². The lowest BCUT2D eigenvalue weighted by atomic mass is 9.99. The van der Waals surface area contributed by atoms with Crippen molar-refractivity contribution < 1.29 is 18.7 Å². The molecular formula is C16H22FNO3. The van der Waals surface area contributed by atoms with Gasteiger partial charge in [0, 0.05) is 0 Å². The number of esters is 1. The van der Waals surface area contributed by atoms with Crippen molar-refractivity contribution in [2.45, 2.75) is 39.7 Å². The second-order valence-corrected chi connectivity index (χ2v) is 5.61. The van der Waals surface area contributed by atoms with Crippen LogP contribution in [0.3, 0.4) is 0 Å². The summed E-state index contributed by atoms with van der Waals surface area (Å²) in [5.74, 6) is -1.74. The van der Waals surface area contributed by atoms with Crippen LogP contribution in [0.2, 0.25) is 0 Å². The Morgan fingerprint density at radius 3 is 2.29 bits per heavy atom. The van der Waals surface area contributed by atoms with Crippen molar-refractivity contribution in [3.63, 3.8) is 0 Å². The molecule has 21 heavy (non-hydrogen) atoms. The third kappa shape index (κ3) is 4.28. The molecule has 0 heterocycles. The first kappa shape index (κ1) is 17.1. The maximum absolute atomic E-state index is 13.8. The summed E-state index contributed by atoms with van der Waals surface area (Å²) < 4.78 is 18.5. The first-order valence-electron chi connectivity index (χ1n) is 6.96. The number of nitrogens with one attached hydrogen (secondary N) is 1. The Bertz CT molecular complexity index is 526. The summed E-state index contributed by atoms with van der Waals surface area (Å²) in [5.41, 5.74) is 0.802. The molecule has 0 aliphatic carbocycles. The van der Waals surface area contributed by atoms with E-state index in [1.165, 1.54) is 19.2 Å². The molecule has 0 spiro atoms. The zero-order valence-electron chi connectivity index (χ0n) is 13.1. The summed E-state index contributed by atoms with van der Waals surface area (Å²) in [5, 5.41) is 2.54. The van der Waals surface area contributed by atoms with Crippen molar-refractivity contribution in [3.05, 3.63) is 35.1 Å². The van der Waals surface area contributed by atoms with Gasteiger partial charge in [-0.3, -0.25) is 4.79 Å². The van der Waals surface area contributed by atoms with Gasteiger partial charge in [0.05, 0.1) is 12.7 Å². The molecule has 0 bridgehead atoms. The average molecular weight is 295 g/mol. The third-order valence-electron chi connectivity index (χ3n) is 3.31. The summed E-state index contributed by atoms with van der Waals surface area (Å²) in [6, 6.07) is 3.64. The van der Waals surface area contributed by atoms with Crippen LogP contribution in [0, 0.1) is 11.7 Å². The highest BCUT2D eigenvalue weighted by molar-refractivity contribution is 5.97. The maximum atomic E-state index is 13.8. The van der Waals surface area contributed by atoms with Gasteiger partial charge in [-0.05, 0) is 29.5 Å². The standard InChI is InChI=1S/C16H22FNO3/c1-9(2)11-6-7-13(17)12(8-11)15(19)18-14(10(3)4)16(20)21-5/h6-10,14H,1-5H3,(H,18,19)/t14-/m1/s1. The van der Waals surface area contributed by atoms with Gasteiger partial charge in [0.25, 0.3) is 5.91 Å². The van der Waals surface area contributed by atoms with E-state index in [1.54, 1.807) is 19.9 Å². The monoisotopic (exact) mass is 295 g/mol. The zero-order valence-corrected chi connectivity index (χ0v) is 13.1. The number of halogens is 1. The van der Waals surface area contributed by atoms with Gasteiger partial charge in [-0.15, -0.1) is 0 Å². The van der Waals surface area contributed by atoms with Gasteiger partial charge in [0.2, 0.25) is 0 Å².